The minimum absolute atomic E-state index is 0.333. The lowest BCUT2D eigenvalue weighted by atomic mass is 10.1. The molecule has 0 heterocycles. The van der Waals surface area contributed by atoms with Gasteiger partial charge in [-0.25, -0.2) is 9.03 Å². The Morgan fingerprint density at radius 2 is 1.03 bits per heavy atom. The molecule has 0 N–H and O–H groups in total. The Hall–Kier alpha value is -1.16. The van der Waals surface area contributed by atoms with E-state index < -0.39 is 23.9 Å². The van der Waals surface area contributed by atoms with Crippen molar-refractivity contribution >= 4 is 23.9 Å². The molecule has 0 unspecified atom stereocenters. The van der Waals surface area contributed by atoms with Crippen LogP contribution >= 0.6 is 0 Å². The molecule has 0 aliphatic carbocycles. The molecule has 9 nitrogen and oxygen atoms in total. The second-order valence-corrected chi connectivity index (χ2v) is 11.8. The molecule has 184 valence electrons. The third-order valence-corrected chi connectivity index (χ3v) is 11.5. The summed E-state index contributed by atoms with van der Waals surface area (Å²) in [5.74, 6) is -0.392. The number of benzene rings is 1. The first kappa shape index (κ1) is 28.9. The van der Waals surface area contributed by atoms with Crippen LogP contribution < -0.4 is 0 Å². The lowest BCUT2D eigenvalue weighted by molar-refractivity contribution is -0.0214. The van der Waals surface area contributed by atoms with Crippen molar-refractivity contribution < 1.29 is 36.1 Å². The fourth-order valence-corrected chi connectivity index (χ4v) is 10.1. The number of hydrogen-bond acceptors (Lipinski definition) is 9. The molecular weight excluding hydrogens is 450 g/mol. The van der Waals surface area contributed by atoms with E-state index in [1.54, 1.807) is 12.1 Å². The van der Waals surface area contributed by atoms with Gasteiger partial charge < -0.3 is 31.3 Å². The monoisotopic (exact) mass is 489 g/mol. The van der Waals surface area contributed by atoms with Crippen molar-refractivity contribution in [3.05, 3.63) is 35.4 Å². The predicted octanol–water partition coefficient (Wildman–Crippen LogP) is 3.37. The van der Waals surface area contributed by atoms with E-state index in [4.69, 9.17) is 31.3 Å². The van der Waals surface area contributed by atoms with Gasteiger partial charge in [0, 0.05) is 46.2 Å². The molecule has 0 saturated heterocycles. The maximum absolute atomic E-state index is 11.8. The summed E-state index contributed by atoms with van der Waals surface area (Å²) in [7, 11) is -5.58. The van der Waals surface area contributed by atoms with Crippen LogP contribution in [0.25, 0.3) is 0 Å². The standard InChI is InChI=1S/C21H39NO8Si2/c1-8-25-31(26-9-2,27-10-3)22(32(28-11-4,29-12-5)30-13-6)18-19-14-16-20(17-15-19)21(23)24-7/h14-17H,8-13,18H2,1-7H3. The number of esters is 1. The van der Waals surface area contributed by atoms with Crippen molar-refractivity contribution in [3.63, 3.8) is 0 Å². The van der Waals surface area contributed by atoms with Gasteiger partial charge in [0.25, 0.3) is 0 Å². The molecule has 0 fully saturated rings. The third kappa shape index (κ3) is 7.43. The van der Waals surface area contributed by atoms with Crippen LogP contribution in [0.2, 0.25) is 0 Å². The zero-order valence-electron chi connectivity index (χ0n) is 20.5. The Morgan fingerprint density at radius 3 is 1.31 bits per heavy atom. The number of carbonyl (C=O) groups is 1. The minimum atomic E-state index is -3.47. The highest BCUT2D eigenvalue weighted by Crippen LogP contribution is 2.29. The van der Waals surface area contributed by atoms with Crippen LogP contribution in [0.4, 0.5) is 0 Å². The smallest absolute Gasteiger partial charge is 0.465 e. The summed E-state index contributed by atoms with van der Waals surface area (Å²) in [5, 5.41) is 0. The highest BCUT2D eigenvalue weighted by molar-refractivity contribution is 6.75. The van der Waals surface area contributed by atoms with E-state index in [9.17, 15) is 4.79 Å². The molecule has 0 aromatic heterocycles. The van der Waals surface area contributed by atoms with Crippen molar-refractivity contribution in [1.29, 1.82) is 0 Å². The molecule has 0 aliphatic heterocycles. The van der Waals surface area contributed by atoms with Crippen molar-refractivity contribution in [3.8, 4) is 0 Å². The van der Waals surface area contributed by atoms with Gasteiger partial charge in [0.1, 0.15) is 0 Å². The second kappa shape index (κ2) is 14.9. The van der Waals surface area contributed by atoms with Gasteiger partial charge in [0.2, 0.25) is 0 Å². The van der Waals surface area contributed by atoms with E-state index in [1.807, 2.05) is 57.9 Å². The van der Waals surface area contributed by atoms with Crippen molar-refractivity contribution in [1.82, 2.24) is 4.23 Å². The molecule has 1 rings (SSSR count). The topological polar surface area (TPSA) is 84.9 Å². The molecule has 0 bridgehead atoms. The molecule has 0 radical (unpaired) electrons. The van der Waals surface area contributed by atoms with Crippen LogP contribution in [0, 0.1) is 0 Å². The quantitative estimate of drug-likeness (QED) is 0.241. The number of methoxy groups -OCH3 is 1. The van der Waals surface area contributed by atoms with Gasteiger partial charge in [-0.05, 0) is 59.2 Å². The fraction of sp³-hybridized carbons (Fsp3) is 0.667. The van der Waals surface area contributed by atoms with Gasteiger partial charge in [0.15, 0.2) is 0 Å². The average Bonchev–Trinajstić information content (AvgIpc) is 2.78. The molecule has 0 spiro atoms. The van der Waals surface area contributed by atoms with Crippen LogP contribution in [-0.2, 0) is 37.8 Å². The van der Waals surface area contributed by atoms with Gasteiger partial charge in [0.05, 0.1) is 12.7 Å². The summed E-state index contributed by atoms with van der Waals surface area (Å²) in [6.45, 7) is 14.0. The zero-order valence-corrected chi connectivity index (χ0v) is 22.5. The van der Waals surface area contributed by atoms with E-state index >= 15 is 0 Å². The van der Waals surface area contributed by atoms with Crippen LogP contribution in [0.1, 0.15) is 57.5 Å². The second-order valence-electron chi connectivity index (χ2n) is 6.42. The number of ether oxygens (including phenoxy) is 1. The van der Waals surface area contributed by atoms with Crippen molar-refractivity contribution in [2.75, 3.05) is 46.8 Å². The SMILES string of the molecule is CCO[Si](OCC)(OCC)N(Cc1ccc(C(=O)OC)cc1)[Si](OCC)(OCC)OCC. The van der Waals surface area contributed by atoms with E-state index in [0.29, 0.717) is 51.7 Å². The van der Waals surface area contributed by atoms with Gasteiger partial charge in [-0.2, -0.15) is 0 Å². The summed E-state index contributed by atoms with van der Waals surface area (Å²) in [6.07, 6.45) is 0. The molecule has 1 aromatic carbocycles. The molecule has 0 saturated carbocycles. The number of carbonyl (C=O) groups excluding carboxylic acids is 1. The molecule has 0 atom stereocenters. The first-order valence-electron chi connectivity index (χ1n) is 11.2. The van der Waals surface area contributed by atoms with Crippen LogP contribution in [-0.4, -0.2) is 74.9 Å². The molecular formula is C21H39NO8Si2. The largest absolute Gasteiger partial charge is 0.598 e. The molecule has 11 heteroatoms. The Kier molecular flexibility index (Phi) is 13.4. The highest BCUT2D eigenvalue weighted by atomic mass is 28.5. The highest BCUT2D eigenvalue weighted by Gasteiger charge is 2.64. The molecule has 1 aromatic rings. The Labute approximate surface area is 194 Å². The van der Waals surface area contributed by atoms with Crippen LogP contribution in [0.5, 0.6) is 0 Å². The summed E-state index contributed by atoms with van der Waals surface area (Å²) in [4.78, 5) is 11.8. The Morgan fingerprint density at radius 1 is 0.688 bits per heavy atom. The predicted molar refractivity (Wildman–Crippen MR) is 125 cm³/mol. The summed E-state index contributed by atoms with van der Waals surface area (Å²) in [5.41, 5.74) is 1.36. The number of nitrogens with zero attached hydrogens (tertiary/aromatic N) is 1. The first-order chi connectivity index (χ1) is 15.4. The van der Waals surface area contributed by atoms with Crippen molar-refractivity contribution in [2.45, 2.75) is 48.1 Å². The van der Waals surface area contributed by atoms with E-state index in [1.165, 1.54) is 7.11 Å². The average molecular weight is 490 g/mol. The first-order valence-corrected chi connectivity index (χ1v) is 14.5. The van der Waals surface area contributed by atoms with E-state index in [2.05, 4.69) is 0 Å². The van der Waals surface area contributed by atoms with E-state index in [0.717, 1.165) is 5.56 Å². The maximum atomic E-state index is 11.8. The molecule has 32 heavy (non-hydrogen) atoms. The zero-order chi connectivity index (χ0) is 24.0. The van der Waals surface area contributed by atoms with Crippen LogP contribution in [0.3, 0.4) is 0 Å². The number of hydrogen-bond donors (Lipinski definition) is 0. The van der Waals surface area contributed by atoms with E-state index in [-0.39, 0.29) is 0 Å². The minimum Gasteiger partial charge on any atom is -0.465 e. The molecule has 0 aliphatic rings. The fourth-order valence-electron chi connectivity index (χ4n) is 3.22. The third-order valence-electron chi connectivity index (χ3n) is 4.34. The molecule has 0 amide bonds. The summed E-state index contributed by atoms with van der Waals surface area (Å²) < 4.78 is 44.0. The number of rotatable bonds is 17. The Balaban J connectivity index is 3.59. The maximum Gasteiger partial charge on any atom is 0.598 e. The summed E-state index contributed by atoms with van der Waals surface area (Å²) >= 11 is 0. The lowest BCUT2D eigenvalue weighted by Gasteiger charge is -2.44. The lowest BCUT2D eigenvalue weighted by Crippen LogP contribution is -2.74. The van der Waals surface area contributed by atoms with Gasteiger partial charge in [-0.3, -0.25) is 0 Å². The van der Waals surface area contributed by atoms with Crippen LogP contribution in [0.15, 0.2) is 24.3 Å². The van der Waals surface area contributed by atoms with Gasteiger partial charge >= 0.3 is 23.9 Å². The van der Waals surface area contributed by atoms with Crippen molar-refractivity contribution in [2.24, 2.45) is 0 Å². The summed E-state index contributed by atoms with van der Waals surface area (Å²) in [6, 6.07) is 7.14. The normalized spacial score (nSPS) is 12.4. The van der Waals surface area contributed by atoms with Gasteiger partial charge in [-0.15, -0.1) is 0 Å². The Bertz CT molecular complexity index is 602. The van der Waals surface area contributed by atoms with Gasteiger partial charge in [-0.1, -0.05) is 12.1 Å².